The van der Waals surface area contributed by atoms with Crippen molar-refractivity contribution in [3.63, 3.8) is 0 Å². The van der Waals surface area contributed by atoms with E-state index in [4.69, 9.17) is 5.73 Å². The van der Waals surface area contributed by atoms with Crippen LogP contribution in [0.4, 0.5) is 0 Å². The lowest BCUT2D eigenvalue weighted by Crippen LogP contribution is -2.06. The lowest BCUT2D eigenvalue weighted by atomic mass is 9.84. The van der Waals surface area contributed by atoms with E-state index >= 15 is 0 Å². The standard InChI is InChI=1S/C14H20BrN/c15-14-10-11(8-9-16)6-7-13(14)12-4-2-1-3-5-12/h6-7,10,12H,1-5,8-9,16H2. The van der Waals surface area contributed by atoms with Gasteiger partial charge >= 0.3 is 0 Å². The van der Waals surface area contributed by atoms with Crippen LogP contribution in [0.3, 0.4) is 0 Å². The van der Waals surface area contributed by atoms with E-state index in [1.807, 2.05) is 0 Å². The quantitative estimate of drug-likeness (QED) is 0.891. The van der Waals surface area contributed by atoms with E-state index in [1.54, 1.807) is 0 Å². The van der Waals surface area contributed by atoms with Crippen LogP contribution in [0, 0.1) is 0 Å². The minimum Gasteiger partial charge on any atom is -0.330 e. The van der Waals surface area contributed by atoms with Crippen molar-refractivity contribution in [1.29, 1.82) is 0 Å². The Bertz CT molecular complexity index is 343. The summed E-state index contributed by atoms with van der Waals surface area (Å²) < 4.78 is 1.28. The van der Waals surface area contributed by atoms with Gasteiger partial charge in [-0.1, -0.05) is 47.3 Å². The minimum absolute atomic E-state index is 0.731. The summed E-state index contributed by atoms with van der Waals surface area (Å²) in [5.74, 6) is 0.773. The van der Waals surface area contributed by atoms with Gasteiger partial charge in [-0.2, -0.15) is 0 Å². The number of rotatable bonds is 3. The maximum absolute atomic E-state index is 5.58. The van der Waals surface area contributed by atoms with Crippen LogP contribution < -0.4 is 5.73 Å². The first-order valence-corrected chi connectivity index (χ1v) is 7.09. The topological polar surface area (TPSA) is 26.0 Å². The van der Waals surface area contributed by atoms with E-state index in [0.29, 0.717) is 0 Å². The third-order valence-electron chi connectivity index (χ3n) is 3.54. The van der Waals surface area contributed by atoms with Gasteiger partial charge in [-0.15, -0.1) is 0 Å². The smallest absolute Gasteiger partial charge is 0.0212 e. The third kappa shape index (κ3) is 2.86. The van der Waals surface area contributed by atoms with Gasteiger partial charge in [-0.05, 0) is 48.9 Å². The van der Waals surface area contributed by atoms with Crippen LogP contribution in [0.25, 0.3) is 0 Å². The molecule has 0 amide bonds. The fraction of sp³-hybridized carbons (Fsp3) is 0.571. The fourth-order valence-electron chi connectivity index (χ4n) is 2.64. The summed E-state index contributed by atoms with van der Waals surface area (Å²) in [6, 6.07) is 6.78. The SMILES string of the molecule is NCCc1ccc(C2CCCCC2)c(Br)c1. The van der Waals surface area contributed by atoms with Gasteiger partial charge in [0.1, 0.15) is 0 Å². The first kappa shape index (κ1) is 12.1. The van der Waals surface area contributed by atoms with E-state index in [1.165, 1.54) is 47.7 Å². The molecule has 0 unspecified atom stereocenters. The first-order valence-electron chi connectivity index (χ1n) is 6.29. The van der Waals surface area contributed by atoms with Crippen molar-refractivity contribution in [3.05, 3.63) is 33.8 Å². The molecular formula is C14H20BrN. The molecule has 1 aliphatic rings. The summed E-state index contributed by atoms with van der Waals surface area (Å²) >= 11 is 3.71. The summed E-state index contributed by atoms with van der Waals surface area (Å²) in [5, 5.41) is 0. The average Bonchev–Trinajstić information content (AvgIpc) is 2.31. The highest BCUT2D eigenvalue weighted by atomic mass is 79.9. The van der Waals surface area contributed by atoms with Crippen molar-refractivity contribution in [2.24, 2.45) is 5.73 Å². The predicted molar refractivity (Wildman–Crippen MR) is 72.7 cm³/mol. The summed E-state index contributed by atoms with van der Waals surface area (Å²) in [4.78, 5) is 0. The predicted octanol–water partition coefficient (Wildman–Crippen LogP) is 4.00. The van der Waals surface area contributed by atoms with Gasteiger partial charge in [0, 0.05) is 4.47 Å². The molecular weight excluding hydrogens is 262 g/mol. The van der Waals surface area contributed by atoms with Gasteiger partial charge in [0.2, 0.25) is 0 Å². The molecule has 88 valence electrons. The van der Waals surface area contributed by atoms with Crippen molar-refractivity contribution in [2.45, 2.75) is 44.4 Å². The lowest BCUT2D eigenvalue weighted by molar-refractivity contribution is 0.442. The van der Waals surface area contributed by atoms with Crippen LogP contribution in [0.5, 0.6) is 0 Å². The number of hydrogen-bond donors (Lipinski definition) is 1. The summed E-state index contributed by atoms with van der Waals surface area (Å²) in [6.45, 7) is 0.731. The molecule has 2 N–H and O–H groups in total. The molecule has 1 aromatic rings. The molecule has 1 nitrogen and oxygen atoms in total. The average molecular weight is 282 g/mol. The first-order chi connectivity index (χ1) is 7.81. The molecule has 1 saturated carbocycles. The molecule has 0 atom stereocenters. The third-order valence-corrected chi connectivity index (χ3v) is 4.23. The second-order valence-electron chi connectivity index (χ2n) is 4.73. The Morgan fingerprint density at radius 3 is 2.56 bits per heavy atom. The second kappa shape index (κ2) is 5.83. The molecule has 1 aliphatic carbocycles. The Kier molecular flexibility index (Phi) is 4.42. The molecule has 0 heterocycles. The monoisotopic (exact) mass is 281 g/mol. The highest BCUT2D eigenvalue weighted by molar-refractivity contribution is 9.10. The zero-order chi connectivity index (χ0) is 11.4. The molecule has 0 radical (unpaired) electrons. The van der Waals surface area contributed by atoms with E-state index in [2.05, 4.69) is 34.1 Å². The molecule has 0 spiro atoms. The Hall–Kier alpha value is -0.340. The highest BCUT2D eigenvalue weighted by Gasteiger charge is 2.17. The zero-order valence-corrected chi connectivity index (χ0v) is 11.3. The maximum atomic E-state index is 5.58. The normalized spacial score (nSPS) is 17.6. The number of hydrogen-bond acceptors (Lipinski definition) is 1. The molecule has 0 saturated heterocycles. The van der Waals surface area contributed by atoms with Crippen LogP contribution in [0.1, 0.15) is 49.1 Å². The Morgan fingerprint density at radius 1 is 1.19 bits per heavy atom. The number of nitrogens with two attached hydrogens (primary N) is 1. The Morgan fingerprint density at radius 2 is 1.94 bits per heavy atom. The zero-order valence-electron chi connectivity index (χ0n) is 9.71. The molecule has 16 heavy (non-hydrogen) atoms. The molecule has 1 fully saturated rings. The van der Waals surface area contributed by atoms with E-state index in [9.17, 15) is 0 Å². The van der Waals surface area contributed by atoms with Crippen molar-refractivity contribution < 1.29 is 0 Å². The minimum atomic E-state index is 0.731. The van der Waals surface area contributed by atoms with Gasteiger partial charge in [0.05, 0.1) is 0 Å². The van der Waals surface area contributed by atoms with Crippen molar-refractivity contribution in [3.8, 4) is 0 Å². The Labute approximate surface area is 107 Å². The van der Waals surface area contributed by atoms with E-state index in [-0.39, 0.29) is 0 Å². The molecule has 0 bridgehead atoms. The van der Waals surface area contributed by atoms with Gasteiger partial charge in [-0.25, -0.2) is 0 Å². The van der Waals surface area contributed by atoms with Gasteiger partial charge < -0.3 is 5.73 Å². The van der Waals surface area contributed by atoms with Crippen LogP contribution in [0.15, 0.2) is 22.7 Å². The molecule has 0 aliphatic heterocycles. The largest absolute Gasteiger partial charge is 0.330 e. The Balaban J connectivity index is 2.14. The van der Waals surface area contributed by atoms with E-state index in [0.717, 1.165) is 18.9 Å². The molecule has 2 heteroatoms. The van der Waals surface area contributed by atoms with Crippen LogP contribution in [0.2, 0.25) is 0 Å². The molecule has 0 aromatic heterocycles. The van der Waals surface area contributed by atoms with Crippen molar-refractivity contribution in [2.75, 3.05) is 6.54 Å². The van der Waals surface area contributed by atoms with Gasteiger partial charge in [0.25, 0.3) is 0 Å². The van der Waals surface area contributed by atoms with Crippen molar-refractivity contribution in [1.82, 2.24) is 0 Å². The van der Waals surface area contributed by atoms with Crippen LogP contribution in [-0.2, 0) is 6.42 Å². The molecule has 1 aromatic carbocycles. The number of benzene rings is 1. The van der Waals surface area contributed by atoms with Crippen molar-refractivity contribution >= 4 is 15.9 Å². The van der Waals surface area contributed by atoms with Crippen LogP contribution in [-0.4, -0.2) is 6.54 Å². The van der Waals surface area contributed by atoms with E-state index < -0.39 is 0 Å². The van der Waals surface area contributed by atoms with Gasteiger partial charge in [0.15, 0.2) is 0 Å². The maximum Gasteiger partial charge on any atom is 0.0212 e. The number of halogens is 1. The summed E-state index contributed by atoms with van der Waals surface area (Å²) in [7, 11) is 0. The lowest BCUT2D eigenvalue weighted by Gasteiger charge is -2.23. The fourth-order valence-corrected chi connectivity index (χ4v) is 3.39. The van der Waals surface area contributed by atoms with Gasteiger partial charge in [-0.3, -0.25) is 0 Å². The summed E-state index contributed by atoms with van der Waals surface area (Å²) in [5.41, 5.74) is 8.42. The second-order valence-corrected chi connectivity index (χ2v) is 5.58. The molecule has 2 rings (SSSR count). The van der Waals surface area contributed by atoms with Crippen LogP contribution >= 0.6 is 15.9 Å². The summed E-state index contributed by atoms with van der Waals surface area (Å²) in [6.07, 6.45) is 7.88. The highest BCUT2D eigenvalue weighted by Crippen LogP contribution is 2.36.